The Bertz CT molecular complexity index is 910. The number of anilines is 2. The van der Waals surface area contributed by atoms with Crippen molar-refractivity contribution in [3.05, 3.63) is 53.6 Å². The van der Waals surface area contributed by atoms with Gasteiger partial charge in [0.1, 0.15) is 11.5 Å². The van der Waals surface area contributed by atoms with Gasteiger partial charge in [-0.05, 0) is 36.4 Å². The molecule has 26 heavy (non-hydrogen) atoms. The van der Waals surface area contributed by atoms with Crippen LogP contribution in [0.2, 0.25) is 0 Å². The van der Waals surface area contributed by atoms with Crippen LogP contribution >= 0.6 is 0 Å². The molecule has 8 heteroatoms. The molecule has 0 aliphatic heterocycles. The second-order valence-corrected chi connectivity index (χ2v) is 7.24. The Morgan fingerprint density at radius 2 is 1.62 bits per heavy atom. The summed E-state index contributed by atoms with van der Waals surface area (Å²) in [5.41, 5.74) is 7.65. The summed E-state index contributed by atoms with van der Waals surface area (Å²) in [6.45, 7) is 0. The summed E-state index contributed by atoms with van der Waals surface area (Å²) < 4.78 is 35.3. The van der Waals surface area contributed by atoms with Crippen molar-refractivity contribution in [1.82, 2.24) is 0 Å². The van der Waals surface area contributed by atoms with Gasteiger partial charge in [-0.15, -0.1) is 0 Å². The highest BCUT2D eigenvalue weighted by Gasteiger charge is 2.10. The SMILES string of the molecule is COc1cc(N)cc(OC)c1/C=C/C(=O)c1ccc(NS(C)(=O)=O)cc1. The first-order chi connectivity index (χ1) is 12.2. The summed E-state index contributed by atoms with van der Waals surface area (Å²) in [6.07, 6.45) is 4.03. The lowest BCUT2D eigenvalue weighted by Gasteiger charge is -2.11. The van der Waals surface area contributed by atoms with Crippen molar-refractivity contribution in [1.29, 1.82) is 0 Å². The van der Waals surface area contributed by atoms with E-state index < -0.39 is 10.0 Å². The molecule has 0 aliphatic carbocycles. The first-order valence-corrected chi connectivity index (χ1v) is 9.44. The predicted octanol–water partition coefficient (Wildman–Crippen LogP) is 2.55. The van der Waals surface area contributed by atoms with Crippen LogP contribution in [0.4, 0.5) is 11.4 Å². The van der Waals surface area contributed by atoms with Crippen LogP contribution in [0.5, 0.6) is 11.5 Å². The maximum atomic E-state index is 12.3. The molecule has 0 heterocycles. The number of benzene rings is 2. The molecule has 3 N–H and O–H groups in total. The van der Waals surface area contributed by atoms with E-state index in [2.05, 4.69) is 4.72 Å². The van der Waals surface area contributed by atoms with Gasteiger partial charge in [0.05, 0.1) is 26.0 Å². The molecule has 0 fully saturated rings. The van der Waals surface area contributed by atoms with Gasteiger partial charge in [-0.1, -0.05) is 0 Å². The Labute approximate surface area is 152 Å². The summed E-state index contributed by atoms with van der Waals surface area (Å²) in [4.78, 5) is 12.3. The molecule has 0 aromatic heterocycles. The van der Waals surface area contributed by atoms with Gasteiger partial charge in [0, 0.05) is 29.1 Å². The molecule has 0 bridgehead atoms. The Morgan fingerprint density at radius 3 is 2.08 bits per heavy atom. The number of carbonyl (C=O) groups excluding carboxylic acids is 1. The number of allylic oxidation sites excluding steroid dienone is 1. The zero-order valence-corrected chi connectivity index (χ0v) is 15.5. The predicted molar refractivity (Wildman–Crippen MR) is 102 cm³/mol. The first-order valence-electron chi connectivity index (χ1n) is 7.55. The second-order valence-electron chi connectivity index (χ2n) is 5.49. The van der Waals surface area contributed by atoms with E-state index in [1.165, 1.54) is 44.6 Å². The average Bonchev–Trinajstić information content (AvgIpc) is 2.58. The third kappa shape index (κ3) is 5.00. The molecule has 0 aliphatic rings. The van der Waals surface area contributed by atoms with Gasteiger partial charge >= 0.3 is 0 Å². The molecule has 0 radical (unpaired) electrons. The number of hydrogen-bond donors (Lipinski definition) is 2. The molecule has 138 valence electrons. The highest BCUT2D eigenvalue weighted by Crippen LogP contribution is 2.33. The summed E-state index contributed by atoms with van der Waals surface area (Å²) in [5, 5.41) is 0. The van der Waals surface area contributed by atoms with Gasteiger partial charge < -0.3 is 15.2 Å². The van der Waals surface area contributed by atoms with Crippen molar-refractivity contribution in [2.24, 2.45) is 0 Å². The molecular formula is C18H20N2O5S. The Kier molecular flexibility index (Phi) is 5.89. The number of rotatable bonds is 7. The normalized spacial score (nSPS) is 11.3. The standard InChI is InChI=1S/C18H20N2O5S/c1-24-17-10-13(19)11-18(25-2)15(17)8-9-16(21)12-4-6-14(7-5-12)20-26(3,22)23/h4-11,20H,19H2,1-3H3/b9-8+. The number of ketones is 1. The Hall–Kier alpha value is -3.00. The summed E-state index contributed by atoms with van der Waals surface area (Å²) in [6, 6.07) is 9.39. The monoisotopic (exact) mass is 376 g/mol. The zero-order valence-electron chi connectivity index (χ0n) is 14.6. The van der Waals surface area contributed by atoms with E-state index in [1.807, 2.05) is 0 Å². The fourth-order valence-electron chi connectivity index (χ4n) is 2.30. The Morgan fingerprint density at radius 1 is 1.08 bits per heavy atom. The molecule has 0 saturated carbocycles. The van der Waals surface area contributed by atoms with Gasteiger partial charge in [0.2, 0.25) is 10.0 Å². The largest absolute Gasteiger partial charge is 0.496 e. The minimum absolute atomic E-state index is 0.253. The van der Waals surface area contributed by atoms with Crippen molar-refractivity contribution in [3.8, 4) is 11.5 Å². The van der Waals surface area contributed by atoms with Crippen molar-refractivity contribution in [2.75, 3.05) is 30.9 Å². The van der Waals surface area contributed by atoms with Crippen molar-refractivity contribution >= 4 is 33.3 Å². The number of carbonyl (C=O) groups is 1. The first kappa shape index (κ1) is 19.3. The van der Waals surface area contributed by atoms with Gasteiger partial charge in [-0.25, -0.2) is 8.42 Å². The van der Waals surface area contributed by atoms with Gasteiger partial charge in [0.25, 0.3) is 0 Å². The van der Waals surface area contributed by atoms with E-state index in [9.17, 15) is 13.2 Å². The van der Waals surface area contributed by atoms with Crippen LogP contribution in [-0.2, 0) is 10.0 Å². The molecular weight excluding hydrogens is 356 g/mol. The Balaban J connectivity index is 2.25. The molecule has 2 rings (SSSR count). The van der Waals surface area contributed by atoms with E-state index >= 15 is 0 Å². The van der Waals surface area contributed by atoms with Gasteiger partial charge in [0.15, 0.2) is 5.78 Å². The van der Waals surface area contributed by atoms with E-state index in [0.29, 0.717) is 34.0 Å². The third-order valence-corrected chi connectivity index (χ3v) is 4.05. The van der Waals surface area contributed by atoms with Crippen molar-refractivity contribution in [3.63, 3.8) is 0 Å². The lowest BCUT2D eigenvalue weighted by Crippen LogP contribution is -2.09. The molecule has 7 nitrogen and oxygen atoms in total. The number of nitrogens with two attached hydrogens (primary N) is 1. The van der Waals surface area contributed by atoms with Crippen LogP contribution in [0.15, 0.2) is 42.5 Å². The van der Waals surface area contributed by atoms with Gasteiger partial charge in [-0.3, -0.25) is 9.52 Å². The number of sulfonamides is 1. The van der Waals surface area contributed by atoms with Crippen molar-refractivity contribution < 1.29 is 22.7 Å². The lowest BCUT2D eigenvalue weighted by molar-refractivity contribution is 0.104. The maximum Gasteiger partial charge on any atom is 0.229 e. The highest BCUT2D eigenvalue weighted by molar-refractivity contribution is 7.92. The second kappa shape index (κ2) is 7.92. The molecule has 0 saturated heterocycles. The summed E-state index contributed by atoms with van der Waals surface area (Å²) in [5.74, 6) is 0.717. The zero-order chi connectivity index (χ0) is 19.3. The van der Waals surface area contributed by atoms with Gasteiger partial charge in [-0.2, -0.15) is 0 Å². The maximum absolute atomic E-state index is 12.3. The molecule has 0 amide bonds. The van der Waals surface area contributed by atoms with E-state index in [-0.39, 0.29) is 5.78 Å². The topological polar surface area (TPSA) is 108 Å². The van der Waals surface area contributed by atoms with Crippen LogP contribution in [0, 0.1) is 0 Å². The van der Waals surface area contributed by atoms with Crippen LogP contribution in [0.1, 0.15) is 15.9 Å². The van der Waals surface area contributed by atoms with E-state index in [0.717, 1.165) is 6.26 Å². The molecule has 2 aromatic carbocycles. The molecule has 2 aromatic rings. The van der Waals surface area contributed by atoms with Crippen molar-refractivity contribution in [2.45, 2.75) is 0 Å². The molecule has 0 spiro atoms. The number of nitrogen functional groups attached to an aromatic ring is 1. The summed E-state index contributed by atoms with van der Waals surface area (Å²) >= 11 is 0. The minimum Gasteiger partial charge on any atom is -0.496 e. The van der Waals surface area contributed by atoms with Crippen LogP contribution in [-0.4, -0.2) is 34.7 Å². The smallest absolute Gasteiger partial charge is 0.229 e. The number of nitrogens with one attached hydrogen (secondary N) is 1. The van der Waals surface area contributed by atoms with Crippen LogP contribution < -0.4 is 19.9 Å². The van der Waals surface area contributed by atoms with Crippen LogP contribution in [0.25, 0.3) is 6.08 Å². The minimum atomic E-state index is -3.36. The van der Waals surface area contributed by atoms with E-state index in [4.69, 9.17) is 15.2 Å². The molecule has 0 unspecified atom stereocenters. The lowest BCUT2D eigenvalue weighted by atomic mass is 10.1. The summed E-state index contributed by atoms with van der Waals surface area (Å²) in [7, 11) is -0.361. The fraction of sp³-hybridized carbons (Fsp3) is 0.167. The fourth-order valence-corrected chi connectivity index (χ4v) is 2.86. The highest BCUT2D eigenvalue weighted by atomic mass is 32.2. The number of ether oxygens (including phenoxy) is 2. The average molecular weight is 376 g/mol. The quantitative estimate of drug-likeness (QED) is 0.437. The third-order valence-electron chi connectivity index (χ3n) is 3.44. The van der Waals surface area contributed by atoms with Crippen LogP contribution in [0.3, 0.4) is 0 Å². The molecule has 0 atom stereocenters. The number of methoxy groups -OCH3 is 2. The van der Waals surface area contributed by atoms with E-state index in [1.54, 1.807) is 18.2 Å². The number of hydrogen-bond acceptors (Lipinski definition) is 6.